The van der Waals surface area contributed by atoms with Crippen LogP contribution in [0.2, 0.25) is 0 Å². The molecule has 0 atom stereocenters. The number of aliphatic hydroxyl groups is 1. The van der Waals surface area contributed by atoms with E-state index in [0.29, 0.717) is 12.8 Å². The standard InChI is InChI=1S/C9H14O4/c1-3-5-7(10)6-8(11)9(12)13-4-2/h6,11H,3-5H2,1-2H3/b8-6-. The maximum Gasteiger partial charge on any atom is 0.373 e. The van der Waals surface area contributed by atoms with Gasteiger partial charge in [0, 0.05) is 12.5 Å². The quantitative estimate of drug-likeness (QED) is 0.400. The summed E-state index contributed by atoms with van der Waals surface area (Å²) < 4.78 is 4.47. The van der Waals surface area contributed by atoms with Gasteiger partial charge in [0.15, 0.2) is 5.78 Å². The Bertz CT molecular complexity index is 218. The molecule has 0 heterocycles. The molecule has 0 saturated heterocycles. The maximum atomic E-state index is 10.9. The first kappa shape index (κ1) is 11.7. The highest BCUT2D eigenvalue weighted by Gasteiger charge is 2.09. The normalized spacial score (nSPS) is 11.1. The molecule has 13 heavy (non-hydrogen) atoms. The summed E-state index contributed by atoms with van der Waals surface area (Å²) in [6.45, 7) is 3.64. The fraction of sp³-hybridized carbons (Fsp3) is 0.556. The minimum absolute atomic E-state index is 0.179. The van der Waals surface area contributed by atoms with Crippen molar-refractivity contribution in [2.24, 2.45) is 0 Å². The van der Waals surface area contributed by atoms with Gasteiger partial charge in [-0.2, -0.15) is 0 Å². The van der Waals surface area contributed by atoms with E-state index in [2.05, 4.69) is 4.74 Å². The fourth-order valence-electron chi connectivity index (χ4n) is 0.735. The van der Waals surface area contributed by atoms with Crippen LogP contribution in [0.1, 0.15) is 26.7 Å². The van der Waals surface area contributed by atoms with Crippen molar-refractivity contribution in [1.29, 1.82) is 0 Å². The lowest BCUT2D eigenvalue weighted by molar-refractivity contribution is -0.141. The number of aliphatic hydroxyl groups excluding tert-OH is 1. The average molecular weight is 186 g/mol. The van der Waals surface area contributed by atoms with Crippen molar-refractivity contribution in [3.8, 4) is 0 Å². The van der Waals surface area contributed by atoms with Crippen molar-refractivity contribution in [3.63, 3.8) is 0 Å². The van der Waals surface area contributed by atoms with Gasteiger partial charge in [0.05, 0.1) is 6.61 Å². The number of hydrogen-bond donors (Lipinski definition) is 1. The smallest absolute Gasteiger partial charge is 0.373 e. The maximum absolute atomic E-state index is 10.9. The molecule has 1 N–H and O–H groups in total. The summed E-state index contributed by atoms with van der Waals surface area (Å²) in [4.78, 5) is 21.7. The Morgan fingerprint density at radius 2 is 2.00 bits per heavy atom. The average Bonchev–Trinajstić information content (AvgIpc) is 2.05. The Hall–Kier alpha value is -1.32. The Labute approximate surface area is 77.2 Å². The molecule has 4 heteroatoms. The number of ketones is 1. The highest BCUT2D eigenvalue weighted by atomic mass is 16.5. The van der Waals surface area contributed by atoms with Crippen LogP contribution < -0.4 is 0 Å². The molecule has 0 fully saturated rings. The molecule has 0 aromatic heterocycles. The third kappa shape index (κ3) is 5.00. The predicted molar refractivity (Wildman–Crippen MR) is 47.3 cm³/mol. The van der Waals surface area contributed by atoms with Crippen molar-refractivity contribution in [2.75, 3.05) is 6.61 Å². The summed E-state index contributed by atoms with van der Waals surface area (Å²) in [5.41, 5.74) is 0. The van der Waals surface area contributed by atoms with E-state index in [9.17, 15) is 9.59 Å². The second kappa shape index (κ2) is 6.22. The van der Waals surface area contributed by atoms with Gasteiger partial charge >= 0.3 is 5.97 Å². The second-order valence-electron chi connectivity index (χ2n) is 2.47. The number of ether oxygens (including phenoxy) is 1. The fourth-order valence-corrected chi connectivity index (χ4v) is 0.735. The summed E-state index contributed by atoms with van der Waals surface area (Å²) >= 11 is 0. The van der Waals surface area contributed by atoms with Crippen LogP contribution in [0.3, 0.4) is 0 Å². The van der Waals surface area contributed by atoms with Crippen molar-refractivity contribution < 1.29 is 19.4 Å². The first-order valence-corrected chi connectivity index (χ1v) is 4.22. The van der Waals surface area contributed by atoms with Gasteiger partial charge in [-0.15, -0.1) is 0 Å². The molecule has 0 aliphatic rings. The van der Waals surface area contributed by atoms with Crippen LogP contribution in [0.5, 0.6) is 0 Å². The van der Waals surface area contributed by atoms with Gasteiger partial charge in [-0.3, -0.25) is 4.79 Å². The highest BCUT2D eigenvalue weighted by molar-refractivity contribution is 5.97. The Kier molecular flexibility index (Phi) is 5.59. The zero-order valence-electron chi connectivity index (χ0n) is 7.87. The van der Waals surface area contributed by atoms with E-state index in [1.807, 2.05) is 6.92 Å². The molecule has 0 spiro atoms. The van der Waals surface area contributed by atoms with Crippen LogP contribution in [0.15, 0.2) is 11.8 Å². The number of hydrogen-bond acceptors (Lipinski definition) is 4. The predicted octanol–water partition coefficient (Wildman–Crippen LogP) is 1.36. The molecule has 0 unspecified atom stereocenters. The molecule has 0 aliphatic heterocycles. The monoisotopic (exact) mass is 186 g/mol. The molecule has 74 valence electrons. The number of allylic oxidation sites excluding steroid dienone is 1. The minimum atomic E-state index is -0.855. The summed E-state index contributed by atoms with van der Waals surface area (Å²) in [7, 11) is 0. The number of carbonyl (C=O) groups is 2. The molecular weight excluding hydrogens is 172 g/mol. The molecular formula is C9H14O4. The topological polar surface area (TPSA) is 63.6 Å². The second-order valence-corrected chi connectivity index (χ2v) is 2.47. The van der Waals surface area contributed by atoms with Crippen LogP contribution in [0.4, 0.5) is 0 Å². The number of rotatable bonds is 5. The van der Waals surface area contributed by atoms with Gasteiger partial charge in [0.2, 0.25) is 5.76 Å². The van der Waals surface area contributed by atoms with Crippen LogP contribution in [-0.2, 0) is 14.3 Å². The van der Waals surface area contributed by atoms with Gasteiger partial charge in [0.1, 0.15) is 0 Å². The molecule has 0 aromatic rings. The van der Waals surface area contributed by atoms with E-state index in [4.69, 9.17) is 5.11 Å². The van der Waals surface area contributed by atoms with Crippen LogP contribution in [0.25, 0.3) is 0 Å². The van der Waals surface area contributed by atoms with Crippen molar-refractivity contribution in [1.82, 2.24) is 0 Å². The summed E-state index contributed by atoms with van der Waals surface area (Å²) in [5.74, 6) is -1.75. The molecule has 0 radical (unpaired) electrons. The summed E-state index contributed by atoms with van der Waals surface area (Å²) in [6, 6.07) is 0. The van der Waals surface area contributed by atoms with Crippen LogP contribution >= 0.6 is 0 Å². The van der Waals surface area contributed by atoms with Gasteiger partial charge in [-0.25, -0.2) is 4.79 Å². The summed E-state index contributed by atoms with van der Waals surface area (Å²) in [6.07, 6.45) is 1.91. The van der Waals surface area contributed by atoms with E-state index in [0.717, 1.165) is 6.08 Å². The van der Waals surface area contributed by atoms with Gasteiger partial charge in [-0.05, 0) is 13.3 Å². The Balaban J connectivity index is 4.14. The van der Waals surface area contributed by atoms with E-state index in [-0.39, 0.29) is 12.4 Å². The highest BCUT2D eigenvalue weighted by Crippen LogP contribution is 1.97. The largest absolute Gasteiger partial charge is 0.502 e. The first-order chi connectivity index (χ1) is 6.11. The lowest BCUT2D eigenvalue weighted by atomic mass is 10.2. The Morgan fingerprint density at radius 1 is 1.38 bits per heavy atom. The van der Waals surface area contributed by atoms with Gasteiger partial charge in [-0.1, -0.05) is 6.92 Å². The number of esters is 1. The van der Waals surface area contributed by atoms with E-state index >= 15 is 0 Å². The summed E-state index contributed by atoms with van der Waals surface area (Å²) in [5, 5.41) is 9.01. The van der Waals surface area contributed by atoms with E-state index in [1.165, 1.54) is 0 Å². The lowest BCUT2D eigenvalue weighted by Gasteiger charge is -1.99. The molecule has 0 saturated carbocycles. The zero-order chi connectivity index (χ0) is 10.3. The zero-order valence-corrected chi connectivity index (χ0v) is 7.87. The molecule has 0 bridgehead atoms. The molecule has 0 aromatic carbocycles. The van der Waals surface area contributed by atoms with E-state index in [1.54, 1.807) is 6.92 Å². The van der Waals surface area contributed by atoms with Crippen molar-refractivity contribution >= 4 is 11.8 Å². The van der Waals surface area contributed by atoms with Crippen molar-refractivity contribution in [3.05, 3.63) is 11.8 Å². The minimum Gasteiger partial charge on any atom is -0.502 e. The molecule has 4 nitrogen and oxygen atoms in total. The van der Waals surface area contributed by atoms with Gasteiger partial charge < -0.3 is 9.84 Å². The SMILES string of the molecule is CCCC(=O)/C=C(\O)C(=O)OCC. The Morgan fingerprint density at radius 3 is 2.46 bits per heavy atom. The third-order valence-electron chi connectivity index (χ3n) is 1.28. The van der Waals surface area contributed by atoms with Crippen LogP contribution in [-0.4, -0.2) is 23.5 Å². The molecule has 0 rings (SSSR count). The van der Waals surface area contributed by atoms with E-state index < -0.39 is 11.7 Å². The lowest BCUT2D eigenvalue weighted by Crippen LogP contribution is -2.08. The first-order valence-electron chi connectivity index (χ1n) is 4.22. The number of carbonyl (C=O) groups excluding carboxylic acids is 2. The van der Waals surface area contributed by atoms with Crippen molar-refractivity contribution in [2.45, 2.75) is 26.7 Å². The van der Waals surface area contributed by atoms with Gasteiger partial charge in [0.25, 0.3) is 0 Å². The molecule has 0 amide bonds. The molecule has 0 aliphatic carbocycles. The third-order valence-corrected chi connectivity index (χ3v) is 1.28. The van der Waals surface area contributed by atoms with Crippen LogP contribution in [0, 0.1) is 0 Å².